The minimum Gasteiger partial charge on any atom is -0.354 e. The molecule has 1 aromatic heterocycles. The maximum absolute atomic E-state index is 11.2. The summed E-state index contributed by atoms with van der Waals surface area (Å²) in [5, 5.41) is 5.21. The molecule has 0 unspecified atom stereocenters. The molecule has 0 aliphatic carbocycles. The maximum Gasteiger partial charge on any atom is 0.221 e. The molecule has 0 radical (unpaired) electrons. The Kier molecular flexibility index (Phi) is 5.26. The van der Waals surface area contributed by atoms with Crippen molar-refractivity contribution in [1.29, 1.82) is 0 Å². The van der Waals surface area contributed by atoms with Crippen molar-refractivity contribution in [3.05, 3.63) is 54.6 Å². The van der Waals surface area contributed by atoms with Crippen molar-refractivity contribution in [3.8, 4) is 11.3 Å². The lowest BCUT2D eigenvalue weighted by atomic mass is 10.1. The van der Waals surface area contributed by atoms with Crippen LogP contribution in [0.15, 0.2) is 54.6 Å². The van der Waals surface area contributed by atoms with Gasteiger partial charge < -0.3 is 15.1 Å². The standard InChI is InChI=1S/C23H26N4O/c1-3-26-12-14-27(15-13-26)23-21-7-5-4-6-19(21)16-22(25-23)18-8-10-20(11-9-18)24-17(2)28/h4-11,16H,3,12-15H2,1-2H3,(H,24,28). The number of piperazine rings is 1. The maximum atomic E-state index is 11.2. The van der Waals surface area contributed by atoms with Gasteiger partial charge in [-0.2, -0.15) is 0 Å². The zero-order valence-electron chi connectivity index (χ0n) is 16.5. The molecule has 0 atom stereocenters. The third-order valence-corrected chi connectivity index (χ3v) is 5.34. The second-order valence-electron chi connectivity index (χ2n) is 7.23. The highest BCUT2D eigenvalue weighted by molar-refractivity contribution is 5.95. The van der Waals surface area contributed by atoms with Gasteiger partial charge in [-0.15, -0.1) is 0 Å². The van der Waals surface area contributed by atoms with Gasteiger partial charge in [-0.05, 0) is 30.1 Å². The van der Waals surface area contributed by atoms with Gasteiger partial charge in [0.1, 0.15) is 5.82 Å². The molecule has 2 aromatic carbocycles. The third kappa shape index (κ3) is 3.85. The molecule has 1 amide bonds. The van der Waals surface area contributed by atoms with Gasteiger partial charge in [0, 0.05) is 49.7 Å². The fraction of sp³-hybridized carbons (Fsp3) is 0.304. The molecule has 1 fully saturated rings. The summed E-state index contributed by atoms with van der Waals surface area (Å²) < 4.78 is 0. The van der Waals surface area contributed by atoms with Crippen molar-refractivity contribution in [2.45, 2.75) is 13.8 Å². The number of fused-ring (bicyclic) bond motifs is 1. The number of hydrogen-bond donors (Lipinski definition) is 1. The summed E-state index contributed by atoms with van der Waals surface area (Å²) in [6.45, 7) is 8.97. The van der Waals surface area contributed by atoms with Gasteiger partial charge in [-0.3, -0.25) is 4.79 Å². The average molecular weight is 374 g/mol. The van der Waals surface area contributed by atoms with E-state index < -0.39 is 0 Å². The molecule has 0 saturated carbocycles. The van der Waals surface area contributed by atoms with E-state index in [1.807, 2.05) is 24.3 Å². The molecule has 0 bridgehead atoms. The molecular weight excluding hydrogens is 348 g/mol. The normalized spacial score (nSPS) is 15.0. The number of pyridine rings is 1. The van der Waals surface area contributed by atoms with E-state index in [4.69, 9.17) is 4.98 Å². The van der Waals surface area contributed by atoms with Crippen LogP contribution in [0, 0.1) is 0 Å². The predicted octanol–water partition coefficient (Wildman–Crippen LogP) is 4.00. The van der Waals surface area contributed by atoms with Crippen LogP contribution >= 0.6 is 0 Å². The zero-order chi connectivity index (χ0) is 19.5. The van der Waals surface area contributed by atoms with Gasteiger partial charge >= 0.3 is 0 Å². The van der Waals surface area contributed by atoms with E-state index in [2.05, 4.69) is 52.4 Å². The van der Waals surface area contributed by atoms with E-state index in [9.17, 15) is 4.79 Å². The number of nitrogens with one attached hydrogen (secondary N) is 1. The first-order valence-electron chi connectivity index (χ1n) is 9.89. The van der Waals surface area contributed by atoms with E-state index in [-0.39, 0.29) is 5.91 Å². The third-order valence-electron chi connectivity index (χ3n) is 5.34. The predicted molar refractivity (Wildman–Crippen MR) is 116 cm³/mol. The van der Waals surface area contributed by atoms with Crippen molar-refractivity contribution in [2.75, 3.05) is 42.9 Å². The van der Waals surface area contributed by atoms with Gasteiger partial charge in [-0.25, -0.2) is 4.98 Å². The van der Waals surface area contributed by atoms with Gasteiger partial charge in [0.25, 0.3) is 0 Å². The Morgan fingerprint density at radius 3 is 2.43 bits per heavy atom. The molecular formula is C23H26N4O. The second-order valence-corrected chi connectivity index (χ2v) is 7.23. The molecule has 28 heavy (non-hydrogen) atoms. The summed E-state index contributed by atoms with van der Waals surface area (Å²) in [6, 6.07) is 18.5. The summed E-state index contributed by atoms with van der Waals surface area (Å²) in [7, 11) is 0. The quantitative estimate of drug-likeness (QED) is 0.750. The van der Waals surface area contributed by atoms with Crippen LogP contribution in [0.2, 0.25) is 0 Å². The number of hydrogen-bond acceptors (Lipinski definition) is 4. The number of nitrogens with zero attached hydrogens (tertiary/aromatic N) is 3. The van der Waals surface area contributed by atoms with E-state index in [1.54, 1.807) is 0 Å². The summed E-state index contributed by atoms with van der Waals surface area (Å²) in [4.78, 5) is 21.2. The van der Waals surface area contributed by atoms with Crippen molar-refractivity contribution < 1.29 is 4.79 Å². The number of amides is 1. The Labute approximate surface area is 166 Å². The molecule has 5 heteroatoms. The Balaban J connectivity index is 1.71. The first-order chi connectivity index (χ1) is 13.6. The van der Waals surface area contributed by atoms with Gasteiger partial charge in [0.05, 0.1) is 5.69 Å². The van der Waals surface area contributed by atoms with Crippen molar-refractivity contribution in [1.82, 2.24) is 9.88 Å². The molecule has 144 valence electrons. The number of carbonyl (C=O) groups excluding carboxylic acids is 1. The molecule has 2 heterocycles. The van der Waals surface area contributed by atoms with Gasteiger partial charge in [0.15, 0.2) is 0 Å². The van der Waals surface area contributed by atoms with Crippen molar-refractivity contribution >= 4 is 28.2 Å². The largest absolute Gasteiger partial charge is 0.354 e. The minimum atomic E-state index is -0.0647. The molecule has 4 rings (SSSR count). The highest BCUT2D eigenvalue weighted by atomic mass is 16.1. The highest BCUT2D eigenvalue weighted by Gasteiger charge is 2.19. The Bertz CT molecular complexity index is 976. The number of likely N-dealkylation sites (N-methyl/N-ethyl adjacent to an activating group) is 1. The fourth-order valence-corrected chi connectivity index (χ4v) is 3.77. The lowest BCUT2D eigenvalue weighted by Crippen LogP contribution is -2.46. The first kappa shape index (κ1) is 18.4. The summed E-state index contributed by atoms with van der Waals surface area (Å²) in [5.41, 5.74) is 2.81. The van der Waals surface area contributed by atoms with Crippen LogP contribution in [0.4, 0.5) is 11.5 Å². The molecule has 3 aromatic rings. The summed E-state index contributed by atoms with van der Waals surface area (Å²) in [5.74, 6) is 1.000. The van der Waals surface area contributed by atoms with E-state index in [0.29, 0.717) is 0 Å². The Hall–Kier alpha value is -2.92. The Morgan fingerprint density at radius 1 is 1.04 bits per heavy atom. The lowest BCUT2D eigenvalue weighted by Gasteiger charge is -2.35. The second kappa shape index (κ2) is 7.98. The van der Waals surface area contributed by atoms with Gasteiger partial charge in [0.2, 0.25) is 5.91 Å². The zero-order valence-corrected chi connectivity index (χ0v) is 16.5. The highest BCUT2D eigenvalue weighted by Crippen LogP contribution is 2.31. The SMILES string of the molecule is CCN1CCN(c2nc(-c3ccc(NC(C)=O)cc3)cc3ccccc23)CC1. The average Bonchev–Trinajstić information content (AvgIpc) is 2.73. The molecule has 5 nitrogen and oxygen atoms in total. The van der Waals surface area contributed by atoms with Gasteiger partial charge in [-0.1, -0.05) is 43.3 Å². The van der Waals surface area contributed by atoms with Crippen LogP contribution < -0.4 is 10.2 Å². The molecule has 1 N–H and O–H groups in total. The van der Waals surface area contributed by atoms with Crippen LogP contribution in [-0.2, 0) is 4.79 Å². The molecule has 1 aliphatic heterocycles. The monoisotopic (exact) mass is 374 g/mol. The van der Waals surface area contributed by atoms with Crippen molar-refractivity contribution in [3.63, 3.8) is 0 Å². The molecule has 0 spiro atoms. The van der Waals surface area contributed by atoms with E-state index in [1.165, 1.54) is 17.7 Å². The Morgan fingerprint density at radius 2 is 1.75 bits per heavy atom. The number of carbonyl (C=O) groups is 1. The van der Waals surface area contributed by atoms with Crippen LogP contribution in [0.3, 0.4) is 0 Å². The lowest BCUT2D eigenvalue weighted by molar-refractivity contribution is -0.114. The van der Waals surface area contributed by atoms with Crippen LogP contribution in [-0.4, -0.2) is 48.5 Å². The van der Waals surface area contributed by atoms with E-state index >= 15 is 0 Å². The first-order valence-corrected chi connectivity index (χ1v) is 9.89. The van der Waals surface area contributed by atoms with Crippen LogP contribution in [0.1, 0.15) is 13.8 Å². The molecule has 1 saturated heterocycles. The summed E-state index contributed by atoms with van der Waals surface area (Å²) >= 11 is 0. The molecule has 1 aliphatic rings. The number of benzene rings is 2. The minimum absolute atomic E-state index is 0.0647. The summed E-state index contributed by atoms with van der Waals surface area (Å²) in [6.07, 6.45) is 0. The van der Waals surface area contributed by atoms with E-state index in [0.717, 1.165) is 55.5 Å². The number of aromatic nitrogens is 1. The van der Waals surface area contributed by atoms with Crippen molar-refractivity contribution in [2.24, 2.45) is 0 Å². The fourth-order valence-electron chi connectivity index (χ4n) is 3.77. The number of rotatable bonds is 4. The van der Waals surface area contributed by atoms with Crippen LogP contribution in [0.5, 0.6) is 0 Å². The smallest absolute Gasteiger partial charge is 0.221 e. The number of anilines is 2. The topological polar surface area (TPSA) is 48.5 Å². The van der Waals surface area contributed by atoms with Crippen LogP contribution in [0.25, 0.3) is 22.0 Å².